The van der Waals surface area contributed by atoms with Gasteiger partial charge < -0.3 is 78.9 Å². The van der Waals surface area contributed by atoms with Gasteiger partial charge >= 0.3 is 0 Å². The standard InChI is InChI=1S/C16H14O3.C15H10O7.C15H10O6.C15H10O3.C15H12O2.C15H12O/c1-19-13-9-6-12(7-10-13)8-11-16(18)14-4-2-3-5-15(14)17;16-7-4-10(19)12-11(5-7)22-15(14(21)13(12)20)6-1-2-8(17)9(18)3-6;16-8-3-1-7(2-4-8)15-14(20)13(19)12-10(18)5-9(17)6-11(12)21-15;16-13-11-8-4-5-9-12(11)18-15(14(13)17)10-6-2-1-3-7-10;16-13-10-15(11-6-2-1-3-7-11)17-14-9-5-4-8-12(13)14;16-15(14-9-5-2-6-10-14)12-11-13-7-3-1-4-8-13/h2-11,17H,1H3;1-5,16-19,21H;1-6,16-18,20H;1-9,17H;1-9,15H,10H2;1-12H/b11-8+;;;;;12-11+. The smallest absolute Gasteiger partial charge is 0.238 e. The number of hydrogen-bond acceptors (Lipinski definition) is 22. The number of Topliss-reactive ketones (excluding diaryl/α,β-unsaturated/α-hetero) is 1. The highest BCUT2D eigenvalue weighted by Gasteiger charge is 2.28. The average Bonchev–Trinajstić information content (AvgIpc) is 0.770. The first-order valence-electron chi connectivity index (χ1n) is 34.4. The van der Waals surface area contributed by atoms with Gasteiger partial charge in [-0.1, -0.05) is 182 Å². The van der Waals surface area contributed by atoms with Gasteiger partial charge in [-0.25, -0.2) is 0 Å². The molecule has 0 spiro atoms. The molecule has 1 unspecified atom stereocenters. The summed E-state index contributed by atoms with van der Waals surface area (Å²) in [7, 11) is 1.60. The van der Waals surface area contributed by atoms with E-state index in [1.807, 2.05) is 164 Å². The summed E-state index contributed by atoms with van der Waals surface area (Å²) in [6.07, 6.45) is 6.84. The summed E-state index contributed by atoms with van der Waals surface area (Å²) >= 11 is 0. The number of ether oxygens (including phenoxy) is 2. The molecule has 0 saturated carbocycles. The number of methoxy groups -OCH3 is 1. The van der Waals surface area contributed by atoms with Gasteiger partial charge in [0.1, 0.15) is 79.6 Å². The van der Waals surface area contributed by atoms with E-state index in [9.17, 15) is 84.9 Å². The Balaban J connectivity index is 0.000000134. The maximum atomic E-state index is 12.1. The van der Waals surface area contributed by atoms with Gasteiger partial charge in [-0.05, 0) is 120 Å². The number of para-hydroxylation sites is 3. The molecule has 22 nitrogen and oxygen atoms in total. The van der Waals surface area contributed by atoms with Crippen LogP contribution in [0.1, 0.15) is 60.3 Å². The summed E-state index contributed by atoms with van der Waals surface area (Å²) in [6.45, 7) is 0. The minimum Gasteiger partial charge on any atom is -0.508 e. The number of fused-ring (bicyclic) bond motifs is 4. The first kappa shape index (κ1) is 78.2. The number of ketones is 3. The van der Waals surface area contributed by atoms with E-state index in [2.05, 4.69) is 0 Å². The number of allylic oxidation sites excluding steroid dienone is 2. The number of hydrogen-bond donors (Lipinski definition) is 11. The van der Waals surface area contributed by atoms with Crippen molar-refractivity contribution in [2.24, 2.45) is 0 Å². The Morgan fingerprint density at radius 1 is 0.381 bits per heavy atom. The molecule has 12 aromatic carbocycles. The van der Waals surface area contributed by atoms with Crippen LogP contribution in [0.4, 0.5) is 0 Å². The van der Waals surface area contributed by atoms with E-state index in [1.165, 1.54) is 48.5 Å². The van der Waals surface area contributed by atoms with Crippen LogP contribution in [0.15, 0.2) is 325 Å². The van der Waals surface area contributed by atoms with E-state index >= 15 is 0 Å². The molecule has 4 heterocycles. The van der Waals surface area contributed by atoms with Crippen LogP contribution in [0.5, 0.6) is 74.7 Å². The van der Waals surface area contributed by atoms with Crippen molar-refractivity contribution in [2.75, 3.05) is 7.11 Å². The van der Waals surface area contributed by atoms with E-state index in [0.29, 0.717) is 45.4 Å². The van der Waals surface area contributed by atoms with Gasteiger partial charge in [0.2, 0.25) is 33.5 Å². The van der Waals surface area contributed by atoms with Crippen LogP contribution >= 0.6 is 0 Å². The van der Waals surface area contributed by atoms with Crippen molar-refractivity contribution < 1.29 is 93.3 Å². The van der Waals surface area contributed by atoms with Gasteiger partial charge in [0.25, 0.3) is 0 Å². The summed E-state index contributed by atoms with van der Waals surface area (Å²) in [4.78, 5) is 71.9. The third-order valence-electron chi connectivity index (χ3n) is 17.0. The lowest BCUT2D eigenvalue weighted by molar-refractivity contribution is 0.0849. The molecule has 16 rings (SSSR count). The lowest BCUT2D eigenvalue weighted by Crippen LogP contribution is -2.20. The van der Waals surface area contributed by atoms with Gasteiger partial charge in [0.15, 0.2) is 46.1 Å². The Morgan fingerprint density at radius 3 is 1.43 bits per heavy atom. The molecule has 564 valence electrons. The van der Waals surface area contributed by atoms with Crippen molar-refractivity contribution >= 4 is 62.4 Å². The molecule has 0 fully saturated rings. The van der Waals surface area contributed by atoms with E-state index < -0.39 is 45.0 Å². The van der Waals surface area contributed by atoms with Gasteiger partial charge in [-0.3, -0.25) is 28.8 Å². The minimum atomic E-state index is -0.888. The average molecular weight is 1510 g/mol. The molecule has 0 saturated heterocycles. The minimum absolute atomic E-state index is 0.00752. The molecule has 1 aliphatic heterocycles. The van der Waals surface area contributed by atoms with Crippen LogP contribution in [0.3, 0.4) is 0 Å². The van der Waals surface area contributed by atoms with Crippen molar-refractivity contribution in [3.63, 3.8) is 0 Å². The van der Waals surface area contributed by atoms with Crippen molar-refractivity contribution in [1.82, 2.24) is 0 Å². The molecule has 0 bridgehead atoms. The van der Waals surface area contributed by atoms with Crippen LogP contribution in [0.25, 0.3) is 79.0 Å². The Hall–Kier alpha value is -15.8. The zero-order valence-corrected chi connectivity index (χ0v) is 59.6. The lowest BCUT2D eigenvalue weighted by Gasteiger charge is -2.25. The number of phenols is 8. The fourth-order valence-electron chi connectivity index (χ4n) is 11.4. The monoisotopic (exact) mass is 1510 g/mol. The summed E-state index contributed by atoms with van der Waals surface area (Å²) in [5.41, 5.74) is 4.04. The normalized spacial score (nSPS) is 11.9. The van der Waals surface area contributed by atoms with Crippen molar-refractivity contribution in [2.45, 2.75) is 12.5 Å². The maximum absolute atomic E-state index is 12.1. The number of carbonyl (C=O) groups excluding carboxylic acids is 3. The van der Waals surface area contributed by atoms with E-state index in [4.69, 9.17) is 22.7 Å². The fourth-order valence-corrected chi connectivity index (χ4v) is 11.4. The lowest BCUT2D eigenvalue weighted by atomic mass is 9.96. The van der Waals surface area contributed by atoms with E-state index in [-0.39, 0.29) is 103 Å². The third kappa shape index (κ3) is 19.3. The zero-order valence-electron chi connectivity index (χ0n) is 59.6. The van der Waals surface area contributed by atoms with Crippen LogP contribution in [0, 0.1) is 0 Å². The highest BCUT2D eigenvalue weighted by Crippen LogP contribution is 2.40. The molecular formula is C91H68O22. The second-order valence-corrected chi connectivity index (χ2v) is 24.7. The van der Waals surface area contributed by atoms with E-state index in [0.717, 1.165) is 58.3 Å². The van der Waals surface area contributed by atoms with Crippen molar-refractivity contribution in [1.29, 1.82) is 0 Å². The highest BCUT2D eigenvalue weighted by molar-refractivity contribution is 6.09. The van der Waals surface area contributed by atoms with Crippen LogP contribution in [-0.4, -0.2) is 80.6 Å². The molecule has 3 aromatic heterocycles. The molecule has 1 aliphatic rings. The number of aromatic hydroxyl groups is 11. The molecular weight excluding hydrogens is 1440 g/mol. The summed E-state index contributed by atoms with van der Waals surface area (Å²) in [5, 5.41) is 106. The van der Waals surface area contributed by atoms with Crippen molar-refractivity contribution in [3.8, 4) is 109 Å². The number of phenolic OH excluding ortho intramolecular Hbond substituents is 8. The van der Waals surface area contributed by atoms with E-state index in [1.54, 1.807) is 73.9 Å². The maximum Gasteiger partial charge on any atom is 0.238 e. The second-order valence-electron chi connectivity index (χ2n) is 24.7. The number of carbonyl (C=O) groups is 3. The zero-order chi connectivity index (χ0) is 80.2. The molecule has 113 heavy (non-hydrogen) atoms. The summed E-state index contributed by atoms with van der Waals surface area (Å²) in [5.74, 6) is -2.94. The van der Waals surface area contributed by atoms with Crippen LogP contribution < -0.4 is 25.8 Å². The van der Waals surface area contributed by atoms with Gasteiger partial charge in [-0.2, -0.15) is 0 Å². The van der Waals surface area contributed by atoms with Gasteiger partial charge in [0, 0.05) is 46.5 Å². The Labute approximate surface area is 642 Å². The highest BCUT2D eigenvalue weighted by atomic mass is 16.5. The summed E-state index contributed by atoms with van der Waals surface area (Å²) < 4.78 is 27.3. The van der Waals surface area contributed by atoms with Gasteiger partial charge in [0.05, 0.1) is 30.0 Å². The van der Waals surface area contributed by atoms with Crippen LogP contribution in [0.2, 0.25) is 0 Å². The molecule has 15 aromatic rings. The first-order chi connectivity index (χ1) is 54.5. The van der Waals surface area contributed by atoms with Crippen LogP contribution in [-0.2, 0) is 0 Å². The fraction of sp³-hybridized carbons (Fsp3) is 0.0330. The topological polar surface area (TPSA) is 383 Å². The summed E-state index contributed by atoms with van der Waals surface area (Å²) in [6, 6.07) is 79.6. The molecule has 0 aliphatic carbocycles. The Morgan fingerprint density at radius 2 is 0.850 bits per heavy atom. The second kappa shape index (κ2) is 36.2. The largest absolute Gasteiger partial charge is 0.508 e. The molecule has 22 heteroatoms. The quantitative estimate of drug-likeness (QED) is 0.0325. The first-order valence-corrected chi connectivity index (χ1v) is 34.4. The predicted octanol–water partition coefficient (Wildman–Crippen LogP) is 17.7. The molecule has 1 atom stereocenters. The Bertz CT molecular complexity index is 6180. The predicted molar refractivity (Wildman–Crippen MR) is 426 cm³/mol. The van der Waals surface area contributed by atoms with Crippen molar-refractivity contribution in [3.05, 3.63) is 361 Å². The van der Waals surface area contributed by atoms with Gasteiger partial charge in [-0.15, -0.1) is 0 Å². The molecule has 0 amide bonds. The Kier molecular flexibility index (Phi) is 25.0. The molecule has 0 radical (unpaired) electrons. The number of benzene rings is 12. The third-order valence-corrected chi connectivity index (χ3v) is 17.0. The SMILES string of the molecule is COc1ccc(/C=C/C(=O)c2ccccc2O)cc1.O=C(/C=C/c1ccccc1)c1ccccc1.O=C1CC(c2ccccc2)Oc2ccccc21.O=c1c(O)c(-c2ccc(O)c(O)c2)oc2cc(O)cc(O)c12.O=c1c(O)c(-c2ccc(O)cc2)oc2cc(O)cc(O)c12.O=c1c(O)c(-c2ccccc2)oc2ccccc12. The number of rotatable bonds is 11. The molecule has 11 N–H and O–H groups in total.